The largest absolute Gasteiger partial charge is 0.508 e. The first-order chi connectivity index (χ1) is 13.9. The molecule has 1 aromatic heterocycles. The third-order valence-corrected chi connectivity index (χ3v) is 5.62. The average molecular weight is 410 g/mol. The van der Waals surface area contributed by atoms with Crippen LogP contribution >= 0.6 is 11.8 Å². The van der Waals surface area contributed by atoms with Crippen molar-refractivity contribution in [1.82, 2.24) is 14.8 Å². The molecule has 0 saturated heterocycles. The highest BCUT2D eigenvalue weighted by Crippen LogP contribution is 2.37. The molecule has 0 amide bonds. The molecule has 6 nitrogen and oxygen atoms in total. The number of nitrogens with one attached hydrogen (secondary N) is 1. The Morgan fingerprint density at radius 1 is 1.24 bits per heavy atom. The van der Waals surface area contributed by atoms with E-state index in [1.165, 1.54) is 24.8 Å². The number of hydrogen-bond acceptors (Lipinski definition) is 6. The minimum Gasteiger partial charge on any atom is -0.508 e. The summed E-state index contributed by atoms with van der Waals surface area (Å²) in [6.45, 7) is 3.35. The molecule has 3 aromatic rings. The zero-order chi connectivity index (χ0) is 20.5. The van der Waals surface area contributed by atoms with Crippen LogP contribution in [0, 0.1) is 5.82 Å². The Bertz CT molecular complexity index is 1110. The summed E-state index contributed by atoms with van der Waals surface area (Å²) in [5.41, 5.74) is 2.68. The number of anilines is 1. The van der Waals surface area contributed by atoms with E-state index in [0.29, 0.717) is 33.7 Å². The van der Waals surface area contributed by atoms with E-state index in [4.69, 9.17) is 0 Å². The number of ketones is 1. The second-order valence-corrected chi connectivity index (χ2v) is 7.70. The normalized spacial score (nSPS) is 15.8. The van der Waals surface area contributed by atoms with Gasteiger partial charge in [-0.1, -0.05) is 42.1 Å². The summed E-state index contributed by atoms with van der Waals surface area (Å²) in [7, 11) is 0. The lowest BCUT2D eigenvalue weighted by molar-refractivity contribution is -0.114. The summed E-state index contributed by atoms with van der Waals surface area (Å²) in [4.78, 5) is 16.9. The molecule has 0 spiro atoms. The molecule has 2 aromatic carbocycles. The van der Waals surface area contributed by atoms with Crippen molar-refractivity contribution in [3.8, 4) is 5.75 Å². The van der Waals surface area contributed by atoms with Crippen molar-refractivity contribution in [2.45, 2.75) is 30.8 Å². The molecule has 148 valence electrons. The fraction of sp³-hybridized carbons (Fsp3) is 0.190. The predicted octanol–water partition coefficient (Wildman–Crippen LogP) is 4.29. The maximum atomic E-state index is 13.9. The number of benzene rings is 2. The highest BCUT2D eigenvalue weighted by molar-refractivity contribution is 7.98. The van der Waals surface area contributed by atoms with E-state index in [1.807, 2.05) is 6.92 Å². The SMILES string of the molecule is CC(=O)C1=C(C)Nc2nc(SCc3ccccc3F)nn2C1c1ccc(O)cc1. The Morgan fingerprint density at radius 3 is 2.66 bits per heavy atom. The number of phenolic OH excluding ortho intramolecular Hbond substituents is 1. The maximum Gasteiger partial charge on any atom is 0.227 e. The lowest BCUT2D eigenvalue weighted by Gasteiger charge is -2.28. The fourth-order valence-electron chi connectivity index (χ4n) is 3.37. The number of phenols is 1. The number of rotatable bonds is 5. The van der Waals surface area contributed by atoms with Gasteiger partial charge in [0, 0.05) is 17.0 Å². The number of carbonyl (C=O) groups excluding carboxylic acids is 1. The number of aromatic hydroxyl groups is 1. The molecule has 8 heteroatoms. The smallest absolute Gasteiger partial charge is 0.227 e. The number of aromatic nitrogens is 3. The van der Waals surface area contributed by atoms with E-state index in [0.717, 1.165) is 5.56 Å². The van der Waals surface area contributed by atoms with Gasteiger partial charge in [0.05, 0.1) is 0 Å². The molecule has 0 bridgehead atoms. The van der Waals surface area contributed by atoms with Crippen LogP contribution in [0.25, 0.3) is 0 Å². The number of fused-ring (bicyclic) bond motifs is 1. The van der Waals surface area contributed by atoms with E-state index in [-0.39, 0.29) is 17.3 Å². The molecule has 0 saturated carbocycles. The molecule has 2 heterocycles. The molecule has 1 atom stereocenters. The van der Waals surface area contributed by atoms with E-state index >= 15 is 0 Å². The second-order valence-electron chi connectivity index (χ2n) is 6.76. The van der Waals surface area contributed by atoms with E-state index in [1.54, 1.807) is 47.1 Å². The molecule has 4 rings (SSSR count). The number of thioether (sulfide) groups is 1. The molecular formula is C21H19FN4O2S. The van der Waals surface area contributed by atoms with Crippen LogP contribution in [0.15, 0.2) is 65.0 Å². The van der Waals surface area contributed by atoms with Gasteiger partial charge in [-0.25, -0.2) is 9.07 Å². The molecule has 1 unspecified atom stereocenters. The van der Waals surface area contributed by atoms with Crippen LogP contribution in [-0.4, -0.2) is 25.7 Å². The van der Waals surface area contributed by atoms with Crippen molar-refractivity contribution in [2.24, 2.45) is 0 Å². The van der Waals surface area contributed by atoms with Gasteiger partial charge >= 0.3 is 0 Å². The number of nitrogens with zero attached hydrogens (tertiary/aromatic N) is 3. The third kappa shape index (κ3) is 3.75. The molecule has 0 fully saturated rings. The summed E-state index contributed by atoms with van der Waals surface area (Å²) >= 11 is 1.33. The number of Topliss-reactive ketones (excluding diaryl/α,β-unsaturated/α-hetero) is 1. The first kappa shape index (κ1) is 19.2. The topological polar surface area (TPSA) is 80.0 Å². The molecule has 2 N–H and O–H groups in total. The molecule has 29 heavy (non-hydrogen) atoms. The Hall–Kier alpha value is -3.13. The number of allylic oxidation sites excluding steroid dienone is 2. The van der Waals surface area contributed by atoms with Crippen LogP contribution in [0.5, 0.6) is 5.75 Å². The quantitative estimate of drug-likeness (QED) is 0.611. The third-order valence-electron chi connectivity index (χ3n) is 4.74. The zero-order valence-corrected chi connectivity index (χ0v) is 16.7. The van der Waals surface area contributed by atoms with Crippen LogP contribution in [0.1, 0.15) is 31.0 Å². The Morgan fingerprint density at radius 2 is 1.97 bits per heavy atom. The first-order valence-corrected chi connectivity index (χ1v) is 10.0. The minimum absolute atomic E-state index is 0.0743. The predicted molar refractivity (Wildman–Crippen MR) is 109 cm³/mol. The van der Waals surface area contributed by atoms with Crippen LogP contribution in [-0.2, 0) is 10.5 Å². The zero-order valence-electron chi connectivity index (χ0n) is 15.9. The van der Waals surface area contributed by atoms with Crippen molar-refractivity contribution < 1.29 is 14.3 Å². The number of halogens is 1. The number of hydrogen-bond donors (Lipinski definition) is 2. The molecular weight excluding hydrogens is 391 g/mol. The fourth-order valence-corrected chi connectivity index (χ4v) is 4.19. The monoisotopic (exact) mass is 410 g/mol. The van der Waals surface area contributed by atoms with Gasteiger partial charge in [-0.05, 0) is 43.2 Å². The van der Waals surface area contributed by atoms with Gasteiger partial charge in [-0.2, -0.15) is 4.98 Å². The van der Waals surface area contributed by atoms with Crippen molar-refractivity contribution in [1.29, 1.82) is 0 Å². The van der Waals surface area contributed by atoms with Crippen molar-refractivity contribution in [3.63, 3.8) is 0 Å². The first-order valence-electron chi connectivity index (χ1n) is 9.04. The van der Waals surface area contributed by atoms with E-state index < -0.39 is 6.04 Å². The molecule has 1 aliphatic rings. The van der Waals surface area contributed by atoms with Gasteiger partial charge in [0.1, 0.15) is 17.6 Å². The summed E-state index contributed by atoms with van der Waals surface area (Å²) in [5, 5.41) is 17.8. The minimum atomic E-state index is -0.459. The van der Waals surface area contributed by atoms with Gasteiger partial charge < -0.3 is 10.4 Å². The van der Waals surface area contributed by atoms with Crippen LogP contribution in [0.3, 0.4) is 0 Å². The van der Waals surface area contributed by atoms with Gasteiger partial charge in [-0.3, -0.25) is 4.79 Å². The van der Waals surface area contributed by atoms with Crippen molar-refractivity contribution >= 4 is 23.5 Å². The molecule has 0 radical (unpaired) electrons. The highest BCUT2D eigenvalue weighted by Gasteiger charge is 2.32. The molecule has 0 aliphatic carbocycles. The highest BCUT2D eigenvalue weighted by atomic mass is 32.2. The lowest BCUT2D eigenvalue weighted by Crippen LogP contribution is -2.27. The van der Waals surface area contributed by atoms with Gasteiger partial charge in [-0.15, -0.1) is 5.10 Å². The number of carbonyl (C=O) groups is 1. The lowest BCUT2D eigenvalue weighted by atomic mass is 9.93. The summed E-state index contributed by atoms with van der Waals surface area (Å²) < 4.78 is 15.6. The van der Waals surface area contributed by atoms with E-state index in [2.05, 4.69) is 15.4 Å². The van der Waals surface area contributed by atoms with Gasteiger partial charge in [0.15, 0.2) is 5.78 Å². The summed E-state index contributed by atoms with van der Waals surface area (Å²) in [6, 6.07) is 12.8. The maximum absolute atomic E-state index is 13.9. The van der Waals surface area contributed by atoms with Crippen LogP contribution in [0.2, 0.25) is 0 Å². The van der Waals surface area contributed by atoms with Crippen LogP contribution in [0.4, 0.5) is 10.3 Å². The van der Waals surface area contributed by atoms with Crippen LogP contribution < -0.4 is 5.32 Å². The Balaban J connectivity index is 1.69. The Labute approximate surface area is 171 Å². The van der Waals surface area contributed by atoms with Crippen molar-refractivity contribution in [2.75, 3.05) is 5.32 Å². The summed E-state index contributed by atoms with van der Waals surface area (Å²) in [6.07, 6.45) is 0. The average Bonchev–Trinajstić information content (AvgIpc) is 3.09. The summed E-state index contributed by atoms with van der Waals surface area (Å²) in [5.74, 6) is 0.718. The van der Waals surface area contributed by atoms with Crippen molar-refractivity contribution in [3.05, 3.63) is 76.7 Å². The van der Waals surface area contributed by atoms with E-state index in [9.17, 15) is 14.3 Å². The molecule has 1 aliphatic heterocycles. The van der Waals surface area contributed by atoms with Gasteiger partial charge in [0.2, 0.25) is 11.1 Å². The Kier molecular flexibility index (Phi) is 5.10. The van der Waals surface area contributed by atoms with Gasteiger partial charge in [0.25, 0.3) is 0 Å². The second kappa shape index (κ2) is 7.71. The standard InChI is InChI=1S/C21H19FN4O2S/c1-12-18(13(2)27)19(14-7-9-16(28)10-8-14)26-20(23-12)24-21(25-26)29-11-15-5-3-4-6-17(15)22/h3-10,19,28H,11H2,1-2H3,(H,23,24,25).